The van der Waals surface area contributed by atoms with Crippen LogP contribution in [-0.2, 0) is 0 Å². The molecule has 3 heterocycles. The summed E-state index contributed by atoms with van der Waals surface area (Å²) < 4.78 is 12.5. The lowest BCUT2D eigenvalue weighted by Crippen LogP contribution is -2.61. The van der Waals surface area contributed by atoms with Gasteiger partial charge in [-0.1, -0.05) is 60.7 Å². The first-order valence-electron chi connectivity index (χ1n) is 13.1. The molecule has 192 valence electrons. The molecule has 7 rings (SSSR count). The highest BCUT2D eigenvalue weighted by Crippen LogP contribution is 2.36. The first-order chi connectivity index (χ1) is 19.2. The molecule has 7 nitrogen and oxygen atoms in total. The van der Waals surface area contributed by atoms with Gasteiger partial charge in [-0.25, -0.2) is 5.32 Å². The van der Waals surface area contributed by atoms with Crippen LogP contribution in [0.1, 0.15) is 33.6 Å². The summed E-state index contributed by atoms with van der Waals surface area (Å²) in [6, 6.07) is 29.8. The predicted molar refractivity (Wildman–Crippen MR) is 148 cm³/mol. The molecule has 2 amide bonds. The summed E-state index contributed by atoms with van der Waals surface area (Å²) in [5.41, 5.74) is 1.64. The summed E-state index contributed by atoms with van der Waals surface area (Å²) >= 11 is 0. The Kier molecular flexibility index (Phi) is 5.71. The van der Waals surface area contributed by atoms with Crippen LogP contribution in [0, 0.1) is 0 Å². The molecule has 5 aromatic rings. The maximum atomic E-state index is 14.0. The maximum absolute atomic E-state index is 14.0. The minimum Gasteiger partial charge on any atom is -0.475 e. The van der Waals surface area contributed by atoms with Crippen LogP contribution in [0.25, 0.3) is 21.7 Å². The SMILES string of the molecule is O=C1c2ccc3c(ccc4cccnc43)c2C(=O)N1C1CCC(Oc2ccccc2)NC1Oc1ccccc1. The Morgan fingerprint density at radius 3 is 2.21 bits per heavy atom. The van der Waals surface area contributed by atoms with Gasteiger partial charge in [-0.2, -0.15) is 0 Å². The Morgan fingerprint density at radius 2 is 1.44 bits per heavy atom. The van der Waals surface area contributed by atoms with E-state index in [-0.39, 0.29) is 18.0 Å². The number of nitrogens with zero attached hydrogens (tertiary/aromatic N) is 2. The van der Waals surface area contributed by atoms with Crippen LogP contribution in [0.15, 0.2) is 103 Å². The zero-order valence-corrected chi connectivity index (χ0v) is 21.0. The number of carbonyl (C=O) groups excluding carboxylic acids is 2. The largest absolute Gasteiger partial charge is 0.475 e. The molecule has 3 unspecified atom stereocenters. The number of para-hydroxylation sites is 2. The smallest absolute Gasteiger partial charge is 0.262 e. The highest BCUT2D eigenvalue weighted by Gasteiger charge is 2.47. The third kappa shape index (κ3) is 4.08. The number of benzene rings is 4. The molecule has 3 atom stereocenters. The average Bonchev–Trinajstić information content (AvgIpc) is 3.23. The molecule has 0 saturated carbocycles. The number of carbonyl (C=O) groups is 2. The van der Waals surface area contributed by atoms with Gasteiger partial charge in [0.15, 0.2) is 12.5 Å². The third-order valence-electron chi connectivity index (χ3n) is 7.43. The van der Waals surface area contributed by atoms with Crippen LogP contribution in [0.5, 0.6) is 11.5 Å². The Morgan fingerprint density at radius 1 is 0.718 bits per heavy atom. The summed E-state index contributed by atoms with van der Waals surface area (Å²) in [4.78, 5) is 33.7. The molecule has 0 bridgehead atoms. The van der Waals surface area contributed by atoms with E-state index >= 15 is 0 Å². The summed E-state index contributed by atoms with van der Waals surface area (Å²) in [7, 11) is 0. The topological polar surface area (TPSA) is 80.8 Å². The Balaban J connectivity index is 1.24. The second kappa shape index (κ2) is 9.53. The van der Waals surface area contributed by atoms with Crippen LogP contribution in [0.4, 0.5) is 0 Å². The van der Waals surface area contributed by atoms with Crippen LogP contribution in [0.3, 0.4) is 0 Å². The molecule has 39 heavy (non-hydrogen) atoms. The average molecular weight is 516 g/mol. The number of rotatable bonds is 5. The number of fused-ring (bicyclic) bond motifs is 5. The fourth-order valence-electron chi connectivity index (χ4n) is 5.63. The van der Waals surface area contributed by atoms with E-state index in [0.717, 1.165) is 27.4 Å². The molecule has 1 fully saturated rings. The number of amides is 2. The monoisotopic (exact) mass is 515 g/mol. The van der Waals surface area contributed by atoms with Gasteiger partial charge in [0.2, 0.25) is 0 Å². The van der Waals surface area contributed by atoms with E-state index in [2.05, 4.69) is 10.3 Å². The summed E-state index contributed by atoms with van der Waals surface area (Å²) in [5.74, 6) is 0.751. The van der Waals surface area contributed by atoms with Crippen molar-refractivity contribution in [3.8, 4) is 11.5 Å². The molecule has 4 aromatic carbocycles. The predicted octanol–water partition coefficient (Wildman–Crippen LogP) is 5.55. The van der Waals surface area contributed by atoms with Gasteiger partial charge < -0.3 is 9.47 Å². The molecular formula is C32H25N3O4. The number of aromatic nitrogens is 1. The summed E-state index contributed by atoms with van der Waals surface area (Å²) in [5, 5.41) is 5.97. The first-order valence-corrected chi connectivity index (χ1v) is 13.1. The minimum absolute atomic E-state index is 0.311. The van der Waals surface area contributed by atoms with Gasteiger partial charge in [-0.15, -0.1) is 0 Å². The number of pyridine rings is 1. The van der Waals surface area contributed by atoms with Gasteiger partial charge in [0.05, 0.1) is 22.7 Å². The molecule has 2 aliphatic heterocycles. The van der Waals surface area contributed by atoms with Gasteiger partial charge in [-0.3, -0.25) is 19.5 Å². The zero-order valence-electron chi connectivity index (χ0n) is 21.0. The van der Waals surface area contributed by atoms with E-state index in [1.54, 1.807) is 12.3 Å². The van der Waals surface area contributed by atoms with Crippen molar-refractivity contribution < 1.29 is 19.1 Å². The highest BCUT2D eigenvalue weighted by molar-refractivity contribution is 6.28. The van der Waals surface area contributed by atoms with E-state index in [4.69, 9.17) is 9.47 Å². The molecule has 0 aliphatic carbocycles. The summed E-state index contributed by atoms with van der Waals surface area (Å²) in [6.45, 7) is 0. The number of imide groups is 1. The molecule has 0 radical (unpaired) electrons. The van der Waals surface area contributed by atoms with E-state index in [0.29, 0.717) is 29.7 Å². The highest BCUT2D eigenvalue weighted by atomic mass is 16.5. The Bertz CT molecular complexity index is 1710. The second-order valence-electron chi connectivity index (χ2n) is 9.79. The maximum Gasteiger partial charge on any atom is 0.262 e. The molecule has 7 heteroatoms. The van der Waals surface area contributed by atoms with Gasteiger partial charge in [0.1, 0.15) is 11.5 Å². The second-order valence-corrected chi connectivity index (χ2v) is 9.79. The fraction of sp³-hybridized carbons (Fsp3) is 0.156. The lowest BCUT2D eigenvalue weighted by Gasteiger charge is -2.40. The van der Waals surface area contributed by atoms with Crippen LogP contribution in [0.2, 0.25) is 0 Å². The molecule has 1 saturated heterocycles. The van der Waals surface area contributed by atoms with Gasteiger partial charge in [-0.05, 0) is 48.2 Å². The van der Waals surface area contributed by atoms with Crippen molar-refractivity contribution in [1.29, 1.82) is 0 Å². The third-order valence-corrected chi connectivity index (χ3v) is 7.43. The van der Waals surface area contributed by atoms with Gasteiger partial charge >= 0.3 is 0 Å². The molecule has 2 aliphatic rings. The Labute approximate surface area is 225 Å². The number of hydrogen-bond donors (Lipinski definition) is 1. The van der Waals surface area contributed by atoms with Crippen molar-refractivity contribution in [2.45, 2.75) is 31.3 Å². The van der Waals surface area contributed by atoms with Crippen LogP contribution >= 0.6 is 0 Å². The van der Waals surface area contributed by atoms with Gasteiger partial charge in [0.25, 0.3) is 11.8 Å². The first kappa shape index (κ1) is 23.4. The van der Waals surface area contributed by atoms with E-state index in [1.807, 2.05) is 91.0 Å². The van der Waals surface area contributed by atoms with E-state index in [1.165, 1.54) is 4.90 Å². The number of ether oxygens (including phenoxy) is 2. The van der Waals surface area contributed by atoms with Crippen molar-refractivity contribution >= 4 is 33.5 Å². The number of piperidine rings is 1. The normalized spacial score (nSPS) is 20.8. The minimum atomic E-state index is -0.661. The number of nitrogens with one attached hydrogen (secondary N) is 1. The standard InChI is InChI=1S/C32H25N3O4/c36-31-25-16-15-24-23(14-13-20-8-7-19-33-29(20)24)28(25)32(37)35(31)26-17-18-27(38-21-9-3-1-4-10-21)34-30(26)39-22-11-5-2-6-12-22/h1-16,19,26-27,30,34H,17-18H2. The van der Waals surface area contributed by atoms with Crippen LogP contribution < -0.4 is 14.8 Å². The van der Waals surface area contributed by atoms with Crippen molar-refractivity contribution in [3.63, 3.8) is 0 Å². The molecule has 1 N–H and O–H groups in total. The quantitative estimate of drug-likeness (QED) is 0.244. The van der Waals surface area contributed by atoms with Crippen molar-refractivity contribution in [2.24, 2.45) is 0 Å². The van der Waals surface area contributed by atoms with Crippen molar-refractivity contribution in [3.05, 3.63) is 114 Å². The van der Waals surface area contributed by atoms with Crippen molar-refractivity contribution in [1.82, 2.24) is 15.2 Å². The van der Waals surface area contributed by atoms with Gasteiger partial charge in [0, 0.05) is 23.4 Å². The lowest BCUT2D eigenvalue weighted by atomic mass is 9.98. The number of hydrogen-bond acceptors (Lipinski definition) is 6. The van der Waals surface area contributed by atoms with E-state index < -0.39 is 12.3 Å². The van der Waals surface area contributed by atoms with E-state index in [9.17, 15) is 9.59 Å². The molecule has 0 spiro atoms. The molecule has 1 aromatic heterocycles. The zero-order chi connectivity index (χ0) is 26.3. The lowest BCUT2D eigenvalue weighted by molar-refractivity contribution is -0.0211. The summed E-state index contributed by atoms with van der Waals surface area (Å²) in [6.07, 6.45) is 1.85. The van der Waals surface area contributed by atoms with Crippen LogP contribution in [-0.4, -0.2) is 40.2 Å². The molecular weight excluding hydrogens is 490 g/mol. The Hall–Kier alpha value is -4.75. The van der Waals surface area contributed by atoms with Crippen molar-refractivity contribution in [2.75, 3.05) is 0 Å². The fourth-order valence-corrected chi connectivity index (χ4v) is 5.63.